The summed E-state index contributed by atoms with van der Waals surface area (Å²) < 4.78 is 13.3. The Morgan fingerprint density at radius 2 is 1.73 bits per heavy atom. The van der Waals surface area contributed by atoms with Crippen LogP contribution >= 0.6 is 0 Å². The summed E-state index contributed by atoms with van der Waals surface area (Å²) in [5, 5.41) is 9.37. The quantitative estimate of drug-likeness (QED) is 0.656. The first kappa shape index (κ1) is 16.0. The lowest BCUT2D eigenvalue weighted by atomic mass is 9.86. The largest absolute Gasteiger partial charge is 0.478 e. The summed E-state index contributed by atoms with van der Waals surface area (Å²) in [5.74, 6) is -1.53. The number of halogens is 1. The van der Waals surface area contributed by atoms with E-state index < -0.39 is 11.8 Å². The lowest BCUT2D eigenvalue weighted by molar-refractivity contribution is -0.130. The highest BCUT2D eigenvalue weighted by Crippen LogP contribution is 2.24. The Morgan fingerprint density at radius 3 is 2.23 bits per heavy atom. The van der Waals surface area contributed by atoms with Gasteiger partial charge in [0.2, 0.25) is 0 Å². The first-order valence-electron chi connectivity index (χ1n) is 7.09. The van der Waals surface area contributed by atoms with Gasteiger partial charge in [0.05, 0.1) is 5.57 Å². The van der Waals surface area contributed by atoms with Gasteiger partial charge >= 0.3 is 5.97 Å². The standard InChI is InChI=1S/C19H19FO2/c1-19(2,3)15-9-7-13(8-10-15)11-17(18(21)22)14-5-4-6-16(20)12-14/h4-12H,1-3H3,(H,21,22)/b17-11+. The number of carbonyl (C=O) groups is 1. The molecule has 0 radical (unpaired) electrons. The van der Waals surface area contributed by atoms with Gasteiger partial charge in [-0.25, -0.2) is 9.18 Å². The van der Waals surface area contributed by atoms with Gasteiger partial charge in [0.15, 0.2) is 0 Å². The van der Waals surface area contributed by atoms with Gasteiger partial charge in [0.25, 0.3) is 0 Å². The average molecular weight is 298 g/mol. The summed E-state index contributed by atoms with van der Waals surface area (Å²) in [7, 11) is 0. The van der Waals surface area contributed by atoms with E-state index in [-0.39, 0.29) is 11.0 Å². The van der Waals surface area contributed by atoms with Crippen molar-refractivity contribution in [2.75, 3.05) is 0 Å². The van der Waals surface area contributed by atoms with Crippen LogP contribution in [0.1, 0.15) is 37.5 Å². The Kier molecular flexibility index (Phi) is 4.45. The van der Waals surface area contributed by atoms with Crippen LogP contribution in [0.25, 0.3) is 11.6 Å². The maximum absolute atomic E-state index is 13.3. The molecule has 3 heteroatoms. The van der Waals surface area contributed by atoms with E-state index in [1.54, 1.807) is 12.1 Å². The molecule has 0 atom stereocenters. The molecule has 0 spiro atoms. The summed E-state index contributed by atoms with van der Waals surface area (Å²) in [5.41, 5.74) is 2.41. The molecule has 0 amide bonds. The smallest absolute Gasteiger partial charge is 0.336 e. The molecule has 0 aliphatic heterocycles. The molecule has 0 bridgehead atoms. The second kappa shape index (κ2) is 6.14. The molecule has 0 saturated carbocycles. The number of carboxylic acid groups (broad SMARTS) is 1. The second-order valence-electron chi connectivity index (χ2n) is 6.25. The fraction of sp³-hybridized carbons (Fsp3) is 0.211. The van der Waals surface area contributed by atoms with Gasteiger partial charge in [-0.2, -0.15) is 0 Å². The molecule has 0 unspecified atom stereocenters. The monoisotopic (exact) mass is 298 g/mol. The van der Waals surface area contributed by atoms with Gasteiger partial charge in [-0.05, 0) is 40.3 Å². The van der Waals surface area contributed by atoms with Gasteiger partial charge in [-0.1, -0.05) is 57.2 Å². The fourth-order valence-electron chi connectivity index (χ4n) is 2.17. The summed E-state index contributed by atoms with van der Waals surface area (Å²) in [4.78, 5) is 11.5. The molecule has 1 N–H and O–H groups in total. The van der Waals surface area contributed by atoms with Crippen molar-refractivity contribution >= 4 is 17.6 Å². The highest BCUT2D eigenvalue weighted by molar-refractivity contribution is 6.20. The predicted octanol–water partition coefficient (Wildman–Crippen LogP) is 4.75. The zero-order valence-electron chi connectivity index (χ0n) is 12.9. The predicted molar refractivity (Wildman–Crippen MR) is 87.0 cm³/mol. The summed E-state index contributed by atoms with van der Waals surface area (Å²) >= 11 is 0. The topological polar surface area (TPSA) is 37.3 Å². The minimum Gasteiger partial charge on any atom is -0.478 e. The third-order valence-corrected chi connectivity index (χ3v) is 3.45. The summed E-state index contributed by atoms with van der Waals surface area (Å²) in [6, 6.07) is 13.3. The van der Waals surface area contributed by atoms with Gasteiger partial charge in [0, 0.05) is 0 Å². The Bertz CT molecular complexity index is 707. The number of rotatable bonds is 3. The number of aliphatic carboxylic acids is 1. The van der Waals surface area contributed by atoms with Crippen molar-refractivity contribution in [1.29, 1.82) is 0 Å². The minimum absolute atomic E-state index is 0.0421. The Morgan fingerprint density at radius 1 is 1.09 bits per heavy atom. The van der Waals surface area contributed by atoms with Crippen LogP contribution in [0.3, 0.4) is 0 Å². The molecule has 0 aliphatic rings. The number of carboxylic acids is 1. The van der Waals surface area contributed by atoms with Crippen molar-refractivity contribution < 1.29 is 14.3 Å². The number of benzene rings is 2. The van der Waals surface area contributed by atoms with Crippen molar-refractivity contribution in [3.63, 3.8) is 0 Å². The maximum Gasteiger partial charge on any atom is 0.336 e. The molecule has 0 heterocycles. The zero-order valence-corrected chi connectivity index (χ0v) is 12.9. The average Bonchev–Trinajstić information content (AvgIpc) is 2.44. The van der Waals surface area contributed by atoms with Crippen molar-refractivity contribution in [3.05, 3.63) is 71.0 Å². The van der Waals surface area contributed by atoms with E-state index in [0.717, 1.165) is 5.56 Å². The van der Waals surface area contributed by atoms with Crippen LogP contribution in [-0.4, -0.2) is 11.1 Å². The highest BCUT2D eigenvalue weighted by atomic mass is 19.1. The normalized spacial score (nSPS) is 12.3. The van der Waals surface area contributed by atoms with Crippen LogP contribution < -0.4 is 0 Å². The van der Waals surface area contributed by atoms with Gasteiger partial charge in [-0.15, -0.1) is 0 Å². The molecule has 0 aliphatic carbocycles. The van der Waals surface area contributed by atoms with E-state index in [1.165, 1.54) is 23.8 Å². The SMILES string of the molecule is CC(C)(C)c1ccc(/C=C(/C(=O)O)c2cccc(F)c2)cc1. The lowest BCUT2D eigenvalue weighted by Gasteiger charge is -2.18. The molecule has 0 aromatic heterocycles. The molecule has 2 aromatic carbocycles. The highest BCUT2D eigenvalue weighted by Gasteiger charge is 2.14. The fourth-order valence-corrected chi connectivity index (χ4v) is 2.17. The van der Waals surface area contributed by atoms with Gasteiger partial charge in [0.1, 0.15) is 5.82 Å². The van der Waals surface area contributed by atoms with Crippen LogP contribution in [0, 0.1) is 5.82 Å². The van der Waals surface area contributed by atoms with Gasteiger partial charge < -0.3 is 5.11 Å². The minimum atomic E-state index is -1.08. The zero-order chi connectivity index (χ0) is 16.3. The lowest BCUT2D eigenvalue weighted by Crippen LogP contribution is -2.10. The van der Waals surface area contributed by atoms with Crippen molar-refractivity contribution in [3.8, 4) is 0 Å². The molecule has 0 saturated heterocycles. The summed E-state index contributed by atoms with van der Waals surface area (Å²) in [6.07, 6.45) is 1.56. The molecular formula is C19H19FO2. The van der Waals surface area contributed by atoms with E-state index in [0.29, 0.717) is 5.56 Å². The van der Waals surface area contributed by atoms with E-state index in [2.05, 4.69) is 20.8 Å². The van der Waals surface area contributed by atoms with E-state index in [4.69, 9.17) is 0 Å². The van der Waals surface area contributed by atoms with Crippen LogP contribution in [0.4, 0.5) is 4.39 Å². The van der Waals surface area contributed by atoms with E-state index in [9.17, 15) is 14.3 Å². The summed E-state index contributed by atoms with van der Waals surface area (Å²) in [6.45, 7) is 6.35. The van der Waals surface area contributed by atoms with Gasteiger partial charge in [-0.3, -0.25) is 0 Å². The van der Waals surface area contributed by atoms with Crippen LogP contribution in [-0.2, 0) is 10.2 Å². The molecule has 2 rings (SSSR count). The third-order valence-electron chi connectivity index (χ3n) is 3.45. The molecule has 0 fully saturated rings. The molecule has 2 aromatic rings. The Balaban J connectivity index is 2.41. The first-order chi connectivity index (χ1) is 10.3. The Labute approximate surface area is 129 Å². The van der Waals surface area contributed by atoms with Crippen LogP contribution in [0.2, 0.25) is 0 Å². The van der Waals surface area contributed by atoms with E-state index >= 15 is 0 Å². The second-order valence-corrected chi connectivity index (χ2v) is 6.25. The maximum atomic E-state index is 13.3. The third kappa shape index (κ3) is 3.82. The molecule has 114 valence electrons. The van der Waals surface area contributed by atoms with Crippen LogP contribution in [0.15, 0.2) is 48.5 Å². The molecular weight excluding hydrogens is 279 g/mol. The number of hydrogen-bond donors (Lipinski definition) is 1. The van der Waals surface area contributed by atoms with E-state index in [1.807, 2.05) is 24.3 Å². The van der Waals surface area contributed by atoms with Crippen molar-refractivity contribution in [2.24, 2.45) is 0 Å². The van der Waals surface area contributed by atoms with Crippen molar-refractivity contribution in [2.45, 2.75) is 26.2 Å². The van der Waals surface area contributed by atoms with Crippen LogP contribution in [0.5, 0.6) is 0 Å². The Hall–Kier alpha value is -2.42. The first-order valence-corrected chi connectivity index (χ1v) is 7.09. The number of hydrogen-bond acceptors (Lipinski definition) is 1. The van der Waals surface area contributed by atoms with Crippen molar-refractivity contribution in [1.82, 2.24) is 0 Å². The molecule has 2 nitrogen and oxygen atoms in total. The molecule has 22 heavy (non-hydrogen) atoms.